The number of carbonyl (C=O) groups excluding carboxylic acids is 1. The van der Waals surface area contributed by atoms with Crippen molar-refractivity contribution in [2.45, 2.75) is 19.6 Å². The average molecular weight is 353 g/mol. The van der Waals surface area contributed by atoms with Gasteiger partial charge in [0.25, 0.3) is 5.91 Å². The molecule has 0 aromatic heterocycles. The predicted molar refractivity (Wildman–Crippen MR) is 105 cm³/mol. The van der Waals surface area contributed by atoms with Gasteiger partial charge in [0.15, 0.2) is 0 Å². The number of anilines is 1. The molecule has 3 aromatic rings. The second-order valence-electron chi connectivity index (χ2n) is 6.75. The number of nitrogens with one attached hydrogen (secondary N) is 1. The molecule has 132 valence electrons. The van der Waals surface area contributed by atoms with E-state index in [0.717, 1.165) is 16.8 Å². The van der Waals surface area contributed by atoms with Crippen molar-refractivity contribution in [1.82, 2.24) is 4.90 Å². The van der Waals surface area contributed by atoms with Crippen LogP contribution in [0.2, 0.25) is 0 Å². The van der Waals surface area contributed by atoms with E-state index in [1.807, 2.05) is 66.4 Å². The summed E-state index contributed by atoms with van der Waals surface area (Å²) < 4.78 is 0. The first-order chi connectivity index (χ1) is 13.2. The number of hydrogen-bond donors (Lipinski definition) is 1. The Bertz CT molecular complexity index is 1030. The van der Waals surface area contributed by atoms with Crippen LogP contribution in [-0.4, -0.2) is 10.8 Å². The van der Waals surface area contributed by atoms with Crippen LogP contribution in [0.25, 0.3) is 0 Å². The molecule has 0 saturated heterocycles. The number of aryl methyl sites for hydroxylation is 1. The largest absolute Gasteiger partial charge is 0.361 e. The molecule has 0 bridgehead atoms. The van der Waals surface area contributed by atoms with Crippen molar-refractivity contribution in [3.05, 3.63) is 101 Å². The SMILES string of the molecule is Cc1ccc(CN2C(=O)c3ccccc3N[C@@H]2c2cccc(C#N)c2)cc1. The quantitative estimate of drug-likeness (QED) is 0.747. The summed E-state index contributed by atoms with van der Waals surface area (Å²) in [6, 6.07) is 25.3. The Morgan fingerprint density at radius 1 is 1.04 bits per heavy atom. The summed E-state index contributed by atoms with van der Waals surface area (Å²) in [5, 5.41) is 12.7. The molecule has 1 atom stereocenters. The number of hydrogen-bond acceptors (Lipinski definition) is 3. The van der Waals surface area contributed by atoms with Gasteiger partial charge in [0.05, 0.1) is 17.2 Å². The molecule has 27 heavy (non-hydrogen) atoms. The highest BCUT2D eigenvalue weighted by molar-refractivity contribution is 6.01. The molecule has 1 N–H and O–H groups in total. The number of carbonyl (C=O) groups is 1. The van der Waals surface area contributed by atoms with Crippen LogP contribution in [0.1, 0.15) is 38.8 Å². The third kappa shape index (κ3) is 3.28. The van der Waals surface area contributed by atoms with Gasteiger partial charge in [0.1, 0.15) is 6.17 Å². The highest BCUT2D eigenvalue weighted by Gasteiger charge is 2.32. The van der Waals surface area contributed by atoms with Crippen molar-refractivity contribution in [3.63, 3.8) is 0 Å². The van der Waals surface area contributed by atoms with E-state index in [2.05, 4.69) is 23.5 Å². The third-order valence-corrected chi connectivity index (χ3v) is 4.83. The van der Waals surface area contributed by atoms with Gasteiger partial charge < -0.3 is 10.2 Å². The Kier molecular flexibility index (Phi) is 4.35. The van der Waals surface area contributed by atoms with Gasteiger partial charge in [-0.1, -0.05) is 54.1 Å². The van der Waals surface area contributed by atoms with Crippen molar-refractivity contribution in [2.75, 3.05) is 5.32 Å². The fraction of sp³-hybridized carbons (Fsp3) is 0.130. The molecule has 1 aliphatic heterocycles. The van der Waals surface area contributed by atoms with Crippen LogP contribution >= 0.6 is 0 Å². The Hall–Kier alpha value is -3.58. The number of nitrogens with zero attached hydrogens (tertiary/aromatic N) is 2. The van der Waals surface area contributed by atoms with Gasteiger partial charge in [-0.05, 0) is 42.3 Å². The molecule has 1 amide bonds. The van der Waals surface area contributed by atoms with Crippen LogP contribution in [0, 0.1) is 18.3 Å². The van der Waals surface area contributed by atoms with Crippen molar-refractivity contribution in [1.29, 1.82) is 5.26 Å². The minimum absolute atomic E-state index is 0.0164. The van der Waals surface area contributed by atoms with Crippen LogP contribution in [0.15, 0.2) is 72.8 Å². The summed E-state index contributed by atoms with van der Waals surface area (Å²) in [5.74, 6) is -0.0164. The molecule has 3 aromatic carbocycles. The van der Waals surface area contributed by atoms with Crippen molar-refractivity contribution < 1.29 is 4.79 Å². The highest BCUT2D eigenvalue weighted by atomic mass is 16.2. The van der Waals surface area contributed by atoms with Gasteiger partial charge in [0, 0.05) is 12.2 Å². The normalized spacial score (nSPS) is 15.6. The van der Waals surface area contributed by atoms with E-state index in [-0.39, 0.29) is 12.1 Å². The second kappa shape index (κ2) is 6.97. The van der Waals surface area contributed by atoms with E-state index >= 15 is 0 Å². The van der Waals surface area contributed by atoms with Crippen LogP contribution in [0.4, 0.5) is 5.69 Å². The first kappa shape index (κ1) is 16.9. The molecule has 4 heteroatoms. The van der Waals surface area contributed by atoms with Gasteiger partial charge in [-0.25, -0.2) is 0 Å². The predicted octanol–water partition coefficient (Wildman–Crippen LogP) is 4.63. The van der Waals surface area contributed by atoms with E-state index in [1.165, 1.54) is 5.56 Å². The molecule has 0 fully saturated rings. The summed E-state index contributed by atoms with van der Waals surface area (Å²) in [6.07, 6.45) is -0.331. The lowest BCUT2D eigenvalue weighted by atomic mass is 10.0. The molecule has 1 aliphatic rings. The standard InChI is InChI=1S/C23H19N3O/c1-16-9-11-17(12-10-16)15-26-22(19-6-4-5-18(13-19)14-24)25-21-8-3-2-7-20(21)23(26)27/h2-13,22,25H,15H2,1H3/t22-/m0/s1. The number of nitriles is 1. The van der Waals surface area contributed by atoms with E-state index in [4.69, 9.17) is 0 Å². The Labute approximate surface area is 158 Å². The lowest BCUT2D eigenvalue weighted by molar-refractivity contribution is 0.0666. The zero-order valence-electron chi connectivity index (χ0n) is 15.0. The minimum Gasteiger partial charge on any atom is -0.361 e. The Balaban J connectivity index is 1.76. The van der Waals surface area contributed by atoms with Crippen molar-refractivity contribution in [3.8, 4) is 6.07 Å². The van der Waals surface area contributed by atoms with Gasteiger partial charge in [0.2, 0.25) is 0 Å². The van der Waals surface area contributed by atoms with Crippen LogP contribution in [0.5, 0.6) is 0 Å². The molecule has 4 rings (SSSR count). The van der Waals surface area contributed by atoms with E-state index in [9.17, 15) is 10.1 Å². The zero-order valence-corrected chi connectivity index (χ0v) is 15.0. The van der Waals surface area contributed by atoms with Crippen LogP contribution in [0.3, 0.4) is 0 Å². The van der Waals surface area contributed by atoms with Gasteiger partial charge >= 0.3 is 0 Å². The molecule has 1 heterocycles. The monoisotopic (exact) mass is 353 g/mol. The van der Waals surface area contributed by atoms with Crippen molar-refractivity contribution >= 4 is 11.6 Å². The second-order valence-corrected chi connectivity index (χ2v) is 6.75. The number of benzene rings is 3. The number of rotatable bonds is 3. The van der Waals surface area contributed by atoms with Crippen LogP contribution < -0.4 is 5.32 Å². The summed E-state index contributed by atoms with van der Waals surface area (Å²) >= 11 is 0. The lowest BCUT2D eigenvalue weighted by Crippen LogP contribution is -2.42. The van der Waals surface area contributed by atoms with E-state index < -0.39 is 0 Å². The first-order valence-electron chi connectivity index (χ1n) is 8.88. The topological polar surface area (TPSA) is 56.1 Å². The molecule has 0 saturated carbocycles. The molecule has 0 spiro atoms. The minimum atomic E-state index is -0.331. The zero-order chi connectivity index (χ0) is 18.8. The summed E-state index contributed by atoms with van der Waals surface area (Å²) in [4.78, 5) is 15.1. The molecular formula is C23H19N3O. The fourth-order valence-electron chi connectivity index (χ4n) is 3.39. The fourth-order valence-corrected chi connectivity index (χ4v) is 3.39. The van der Waals surface area contributed by atoms with Gasteiger partial charge in [-0.15, -0.1) is 0 Å². The highest BCUT2D eigenvalue weighted by Crippen LogP contribution is 2.34. The number of para-hydroxylation sites is 1. The molecular weight excluding hydrogens is 334 g/mol. The van der Waals surface area contributed by atoms with E-state index in [0.29, 0.717) is 17.7 Å². The third-order valence-electron chi connectivity index (χ3n) is 4.83. The maximum absolute atomic E-state index is 13.2. The Morgan fingerprint density at radius 3 is 2.59 bits per heavy atom. The smallest absolute Gasteiger partial charge is 0.258 e. The molecule has 4 nitrogen and oxygen atoms in total. The summed E-state index contributed by atoms with van der Waals surface area (Å²) in [7, 11) is 0. The number of fused-ring (bicyclic) bond motifs is 1. The summed E-state index contributed by atoms with van der Waals surface area (Å²) in [5.41, 5.74) is 5.20. The van der Waals surface area contributed by atoms with Gasteiger partial charge in [-0.2, -0.15) is 5.26 Å². The van der Waals surface area contributed by atoms with E-state index in [1.54, 1.807) is 6.07 Å². The molecule has 0 unspecified atom stereocenters. The Morgan fingerprint density at radius 2 is 1.81 bits per heavy atom. The molecule has 0 radical (unpaired) electrons. The average Bonchev–Trinajstić information content (AvgIpc) is 2.71. The number of amides is 1. The maximum atomic E-state index is 13.2. The maximum Gasteiger partial charge on any atom is 0.258 e. The van der Waals surface area contributed by atoms with Crippen molar-refractivity contribution in [2.24, 2.45) is 0 Å². The molecule has 0 aliphatic carbocycles. The lowest BCUT2D eigenvalue weighted by Gasteiger charge is -2.38. The summed E-state index contributed by atoms with van der Waals surface area (Å²) in [6.45, 7) is 2.53. The first-order valence-corrected chi connectivity index (χ1v) is 8.88. The van der Waals surface area contributed by atoms with Crippen LogP contribution in [-0.2, 0) is 6.54 Å². The van der Waals surface area contributed by atoms with Gasteiger partial charge in [-0.3, -0.25) is 4.79 Å².